The van der Waals surface area contributed by atoms with Gasteiger partial charge in [0.25, 0.3) is 5.91 Å². The van der Waals surface area contributed by atoms with Gasteiger partial charge in [0.15, 0.2) is 6.61 Å². The first-order valence-corrected chi connectivity index (χ1v) is 8.57. The van der Waals surface area contributed by atoms with E-state index < -0.39 is 5.97 Å². The van der Waals surface area contributed by atoms with Crippen LogP contribution in [0, 0.1) is 0 Å². The third-order valence-electron chi connectivity index (χ3n) is 3.35. The molecule has 0 fully saturated rings. The number of hydrogen-bond donors (Lipinski definition) is 1. The molecule has 0 radical (unpaired) electrons. The molecule has 1 N–H and O–H groups in total. The van der Waals surface area contributed by atoms with Crippen LogP contribution in [0.1, 0.15) is 29.8 Å². The van der Waals surface area contributed by atoms with Crippen molar-refractivity contribution in [3.05, 3.63) is 59.7 Å². The molecule has 0 aliphatic carbocycles. The molecule has 7 heteroatoms. The van der Waals surface area contributed by atoms with Crippen molar-refractivity contribution in [2.24, 2.45) is 5.10 Å². The molecule has 0 saturated heterocycles. The molecule has 0 spiro atoms. The largest absolute Gasteiger partial charge is 0.494 e. The second-order valence-corrected chi connectivity index (χ2v) is 5.32. The SMILES string of the molecule is CCOC(=O)COc1ccc(/C=N/NC(=O)c2ccc(OCC)cc2)cc1. The molecule has 0 atom stereocenters. The van der Waals surface area contributed by atoms with Gasteiger partial charge < -0.3 is 14.2 Å². The van der Waals surface area contributed by atoms with E-state index in [0.29, 0.717) is 30.3 Å². The molecule has 0 heterocycles. The lowest BCUT2D eigenvalue weighted by Gasteiger charge is -2.05. The minimum Gasteiger partial charge on any atom is -0.494 e. The van der Waals surface area contributed by atoms with Crippen LogP contribution in [0.5, 0.6) is 11.5 Å². The highest BCUT2D eigenvalue weighted by Crippen LogP contribution is 2.12. The zero-order valence-electron chi connectivity index (χ0n) is 15.3. The number of amides is 1. The molecule has 0 saturated carbocycles. The molecule has 2 aromatic carbocycles. The molecule has 1 amide bonds. The number of ether oxygens (including phenoxy) is 3. The van der Waals surface area contributed by atoms with Crippen LogP contribution >= 0.6 is 0 Å². The second-order valence-electron chi connectivity index (χ2n) is 5.32. The van der Waals surface area contributed by atoms with Gasteiger partial charge in [0.1, 0.15) is 11.5 Å². The first-order valence-electron chi connectivity index (χ1n) is 8.57. The number of nitrogens with zero attached hydrogens (tertiary/aromatic N) is 1. The van der Waals surface area contributed by atoms with Crippen LogP contribution in [-0.2, 0) is 9.53 Å². The van der Waals surface area contributed by atoms with E-state index in [1.807, 2.05) is 6.92 Å². The van der Waals surface area contributed by atoms with Gasteiger partial charge in [-0.2, -0.15) is 5.10 Å². The number of benzene rings is 2. The molecule has 27 heavy (non-hydrogen) atoms. The summed E-state index contributed by atoms with van der Waals surface area (Å²) in [7, 11) is 0. The van der Waals surface area contributed by atoms with E-state index in [2.05, 4.69) is 10.5 Å². The Kier molecular flexibility index (Phi) is 7.84. The average Bonchev–Trinajstić information content (AvgIpc) is 2.68. The number of nitrogens with one attached hydrogen (secondary N) is 1. The summed E-state index contributed by atoms with van der Waals surface area (Å²) in [5.41, 5.74) is 3.72. The quantitative estimate of drug-likeness (QED) is 0.417. The van der Waals surface area contributed by atoms with Crippen molar-refractivity contribution < 1.29 is 23.8 Å². The second kappa shape index (κ2) is 10.6. The average molecular weight is 370 g/mol. The maximum absolute atomic E-state index is 12.0. The lowest BCUT2D eigenvalue weighted by Crippen LogP contribution is -2.17. The van der Waals surface area contributed by atoms with E-state index >= 15 is 0 Å². The Morgan fingerprint density at radius 1 is 0.926 bits per heavy atom. The van der Waals surface area contributed by atoms with Crippen LogP contribution in [0.25, 0.3) is 0 Å². The van der Waals surface area contributed by atoms with Gasteiger partial charge in [-0.1, -0.05) is 0 Å². The molecule has 0 bridgehead atoms. The van der Waals surface area contributed by atoms with Crippen molar-refractivity contribution in [2.75, 3.05) is 19.8 Å². The van der Waals surface area contributed by atoms with Crippen molar-refractivity contribution in [3.63, 3.8) is 0 Å². The summed E-state index contributed by atoms with van der Waals surface area (Å²) in [5, 5.41) is 3.93. The lowest BCUT2D eigenvalue weighted by molar-refractivity contribution is -0.145. The first-order chi connectivity index (χ1) is 13.1. The van der Waals surface area contributed by atoms with E-state index in [0.717, 1.165) is 5.56 Å². The number of carbonyl (C=O) groups excluding carboxylic acids is 2. The summed E-state index contributed by atoms with van der Waals surface area (Å²) in [5.74, 6) is 0.519. The summed E-state index contributed by atoms with van der Waals surface area (Å²) in [4.78, 5) is 23.3. The summed E-state index contributed by atoms with van der Waals surface area (Å²) < 4.78 is 15.4. The smallest absolute Gasteiger partial charge is 0.344 e. The molecule has 0 unspecified atom stereocenters. The van der Waals surface area contributed by atoms with Gasteiger partial charge in [-0.3, -0.25) is 4.79 Å². The summed E-state index contributed by atoms with van der Waals surface area (Å²) in [6, 6.07) is 13.7. The minimum absolute atomic E-state index is 0.139. The van der Waals surface area contributed by atoms with Gasteiger partial charge in [0.2, 0.25) is 0 Å². The van der Waals surface area contributed by atoms with Crippen molar-refractivity contribution >= 4 is 18.1 Å². The van der Waals surface area contributed by atoms with E-state index in [1.165, 1.54) is 6.21 Å². The molecule has 2 aromatic rings. The molecular formula is C20H22N2O5. The zero-order valence-corrected chi connectivity index (χ0v) is 15.3. The Hall–Kier alpha value is -3.35. The lowest BCUT2D eigenvalue weighted by atomic mass is 10.2. The first kappa shape index (κ1) is 20.0. The van der Waals surface area contributed by atoms with E-state index in [9.17, 15) is 9.59 Å². The third kappa shape index (κ3) is 6.81. The zero-order chi connectivity index (χ0) is 19.5. The molecule has 0 aliphatic heterocycles. The Morgan fingerprint density at radius 3 is 2.19 bits per heavy atom. The molecule has 0 aromatic heterocycles. The maximum atomic E-state index is 12.0. The van der Waals surface area contributed by atoms with E-state index in [1.54, 1.807) is 55.5 Å². The number of esters is 1. The fourth-order valence-corrected chi connectivity index (χ4v) is 2.09. The third-order valence-corrected chi connectivity index (χ3v) is 3.35. The molecular weight excluding hydrogens is 348 g/mol. The summed E-state index contributed by atoms with van der Waals surface area (Å²) in [6.07, 6.45) is 1.52. The minimum atomic E-state index is -0.417. The molecule has 0 aliphatic rings. The number of hydrogen-bond acceptors (Lipinski definition) is 6. The number of rotatable bonds is 9. The van der Waals surface area contributed by atoms with Gasteiger partial charge in [0.05, 0.1) is 19.4 Å². The van der Waals surface area contributed by atoms with Crippen molar-refractivity contribution in [2.45, 2.75) is 13.8 Å². The number of carbonyl (C=O) groups is 2. The van der Waals surface area contributed by atoms with Crippen LogP contribution in [0.4, 0.5) is 0 Å². The van der Waals surface area contributed by atoms with E-state index in [4.69, 9.17) is 14.2 Å². The van der Waals surface area contributed by atoms with Crippen LogP contribution in [0.2, 0.25) is 0 Å². The highest BCUT2D eigenvalue weighted by molar-refractivity contribution is 5.95. The van der Waals surface area contributed by atoms with Crippen LogP contribution in [-0.4, -0.2) is 37.9 Å². The van der Waals surface area contributed by atoms with Crippen LogP contribution in [0.3, 0.4) is 0 Å². The standard InChI is InChI=1S/C20H22N2O5/c1-3-25-17-11-7-16(8-12-17)20(24)22-21-13-15-5-9-18(10-6-15)27-14-19(23)26-4-2/h5-13H,3-4,14H2,1-2H3,(H,22,24)/b21-13+. The Labute approximate surface area is 157 Å². The Bertz CT molecular complexity index is 770. The molecule has 7 nitrogen and oxygen atoms in total. The van der Waals surface area contributed by atoms with Gasteiger partial charge in [-0.25, -0.2) is 10.2 Å². The molecule has 142 valence electrons. The van der Waals surface area contributed by atoms with Crippen LogP contribution < -0.4 is 14.9 Å². The normalized spacial score (nSPS) is 10.4. The maximum Gasteiger partial charge on any atom is 0.344 e. The van der Waals surface area contributed by atoms with E-state index in [-0.39, 0.29) is 12.5 Å². The summed E-state index contributed by atoms with van der Waals surface area (Å²) in [6.45, 7) is 4.39. The fourth-order valence-electron chi connectivity index (χ4n) is 2.09. The Balaban J connectivity index is 1.83. The van der Waals surface area contributed by atoms with Gasteiger partial charge >= 0.3 is 5.97 Å². The van der Waals surface area contributed by atoms with Crippen LogP contribution in [0.15, 0.2) is 53.6 Å². The van der Waals surface area contributed by atoms with Gasteiger partial charge in [-0.05, 0) is 67.9 Å². The highest BCUT2D eigenvalue weighted by atomic mass is 16.6. The number of hydrazone groups is 1. The van der Waals surface area contributed by atoms with Crippen molar-refractivity contribution in [1.29, 1.82) is 0 Å². The van der Waals surface area contributed by atoms with Gasteiger partial charge in [0, 0.05) is 5.56 Å². The van der Waals surface area contributed by atoms with Gasteiger partial charge in [-0.15, -0.1) is 0 Å². The fraction of sp³-hybridized carbons (Fsp3) is 0.250. The topological polar surface area (TPSA) is 86.2 Å². The predicted molar refractivity (Wildman–Crippen MR) is 101 cm³/mol. The molecule has 2 rings (SSSR count). The predicted octanol–water partition coefficient (Wildman–Crippen LogP) is 2.79. The summed E-state index contributed by atoms with van der Waals surface area (Å²) >= 11 is 0. The Morgan fingerprint density at radius 2 is 1.56 bits per heavy atom. The van der Waals surface area contributed by atoms with Crippen molar-refractivity contribution in [1.82, 2.24) is 5.43 Å². The monoisotopic (exact) mass is 370 g/mol. The van der Waals surface area contributed by atoms with Crippen molar-refractivity contribution in [3.8, 4) is 11.5 Å². The highest BCUT2D eigenvalue weighted by Gasteiger charge is 2.04.